The van der Waals surface area contributed by atoms with Crippen molar-refractivity contribution in [1.29, 1.82) is 0 Å². The fraction of sp³-hybridized carbons (Fsp3) is 0.261. The molecule has 1 aromatic heterocycles. The number of nitrogens with zero attached hydrogens (tertiary/aromatic N) is 4. The van der Waals surface area contributed by atoms with Crippen LogP contribution in [0.2, 0.25) is 5.02 Å². The van der Waals surface area contributed by atoms with Gasteiger partial charge in [-0.3, -0.25) is 4.79 Å². The van der Waals surface area contributed by atoms with Gasteiger partial charge in [0.1, 0.15) is 11.5 Å². The number of halogens is 1. The van der Waals surface area contributed by atoms with Crippen molar-refractivity contribution in [3.05, 3.63) is 65.7 Å². The Morgan fingerprint density at radius 2 is 1.58 bits per heavy atom. The Morgan fingerprint density at radius 1 is 0.903 bits per heavy atom. The number of hydrogen-bond donors (Lipinski definition) is 0. The molecule has 1 aliphatic heterocycles. The Morgan fingerprint density at radius 3 is 2.19 bits per heavy atom. The van der Waals surface area contributed by atoms with E-state index in [0.29, 0.717) is 37.0 Å². The summed E-state index contributed by atoms with van der Waals surface area (Å²) < 4.78 is 10.8. The van der Waals surface area contributed by atoms with Crippen LogP contribution in [0.3, 0.4) is 0 Å². The molecule has 1 aliphatic rings. The summed E-state index contributed by atoms with van der Waals surface area (Å²) in [7, 11) is 1.64. The first-order valence-corrected chi connectivity index (χ1v) is 10.4. The van der Waals surface area contributed by atoms with E-state index in [4.69, 9.17) is 21.1 Å². The number of aromatic nitrogens is 2. The number of carbonyl (C=O) groups excluding carboxylic acids is 1. The molecule has 1 amide bonds. The standard InChI is InChI=1S/C23H23ClN4O3/c1-30-19-6-2-17(3-7-19)21-10-11-22(26-25-21)27-12-14-28(15-13-27)23(29)16-31-20-8-4-18(24)5-9-20/h2-11H,12-16H2,1H3. The third-order valence-corrected chi connectivity index (χ3v) is 5.42. The molecular formula is C23H23ClN4O3. The van der Waals surface area contributed by atoms with E-state index >= 15 is 0 Å². The van der Waals surface area contributed by atoms with Gasteiger partial charge in [0, 0.05) is 36.8 Å². The topological polar surface area (TPSA) is 67.8 Å². The first-order chi connectivity index (χ1) is 15.1. The van der Waals surface area contributed by atoms with E-state index in [1.54, 1.807) is 31.4 Å². The summed E-state index contributed by atoms with van der Waals surface area (Å²) in [6.07, 6.45) is 0. The van der Waals surface area contributed by atoms with Crippen molar-refractivity contribution < 1.29 is 14.3 Å². The van der Waals surface area contributed by atoms with Crippen molar-refractivity contribution in [3.8, 4) is 22.8 Å². The van der Waals surface area contributed by atoms with E-state index in [-0.39, 0.29) is 12.5 Å². The van der Waals surface area contributed by atoms with E-state index in [1.165, 1.54) is 0 Å². The largest absolute Gasteiger partial charge is 0.497 e. The third-order valence-electron chi connectivity index (χ3n) is 5.17. The molecule has 0 saturated carbocycles. The molecule has 1 saturated heterocycles. The van der Waals surface area contributed by atoms with Crippen LogP contribution in [-0.2, 0) is 4.79 Å². The zero-order chi connectivity index (χ0) is 21.6. The van der Waals surface area contributed by atoms with Crippen LogP contribution in [0.4, 0.5) is 5.82 Å². The summed E-state index contributed by atoms with van der Waals surface area (Å²) in [4.78, 5) is 16.4. The van der Waals surface area contributed by atoms with E-state index < -0.39 is 0 Å². The first-order valence-electron chi connectivity index (χ1n) is 10.0. The molecule has 0 unspecified atom stereocenters. The van der Waals surface area contributed by atoms with Gasteiger partial charge >= 0.3 is 0 Å². The monoisotopic (exact) mass is 438 g/mol. The van der Waals surface area contributed by atoms with Crippen molar-refractivity contribution in [1.82, 2.24) is 15.1 Å². The quantitative estimate of drug-likeness (QED) is 0.586. The number of amides is 1. The molecule has 7 nitrogen and oxygen atoms in total. The highest BCUT2D eigenvalue weighted by Gasteiger charge is 2.22. The van der Waals surface area contributed by atoms with Crippen molar-refractivity contribution in [3.63, 3.8) is 0 Å². The fourth-order valence-electron chi connectivity index (χ4n) is 3.36. The van der Waals surface area contributed by atoms with Crippen molar-refractivity contribution in [2.24, 2.45) is 0 Å². The number of rotatable bonds is 6. The Kier molecular flexibility index (Phi) is 6.52. The lowest BCUT2D eigenvalue weighted by Crippen LogP contribution is -2.50. The molecule has 0 radical (unpaired) electrons. The van der Waals surface area contributed by atoms with Gasteiger partial charge in [-0.2, -0.15) is 0 Å². The van der Waals surface area contributed by atoms with Gasteiger partial charge in [-0.15, -0.1) is 10.2 Å². The van der Waals surface area contributed by atoms with E-state index in [2.05, 4.69) is 15.1 Å². The minimum absolute atomic E-state index is 0.0119. The van der Waals surface area contributed by atoms with E-state index in [9.17, 15) is 4.79 Å². The van der Waals surface area contributed by atoms with Crippen LogP contribution in [0.5, 0.6) is 11.5 Å². The maximum absolute atomic E-state index is 12.4. The molecule has 2 aromatic carbocycles. The number of hydrogen-bond acceptors (Lipinski definition) is 6. The van der Waals surface area contributed by atoms with Crippen LogP contribution in [0, 0.1) is 0 Å². The van der Waals surface area contributed by atoms with E-state index in [1.807, 2.05) is 41.3 Å². The molecule has 0 N–H and O–H groups in total. The van der Waals surface area contributed by atoms with Gasteiger partial charge in [0.15, 0.2) is 12.4 Å². The number of ether oxygens (including phenoxy) is 2. The lowest BCUT2D eigenvalue weighted by Gasteiger charge is -2.35. The molecule has 0 atom stereocenters. The predicted octanol–water partition coefficient (Wildman–Crippen LogP) is 3.53. The minimum atomic E-state index is -0.0319. The van der Waals surface area contributed by atoms with Crippen molar-refractivity contribution >= 4 is 23.3 Å². The second-order valence-corrected chi connectivity index (χ2v) is 7.55. The maximum atomic E-state index is 12.4. The second-order valence-electron chi connectivity index (χ2n) is 7.12. The minimum Gasteiger partial charge on any atom is -0.497 e. The van der Waals surface area contributed by atoms with Gasteiger partial charge in [0.2, 0.25) is 0 Å². The Balaban J connectivity index is 1.28. The fourth-order valence-corrected chi connectivity index (χ4v) is 3.49. The average molecular weight is 439 g/mol. The molecule has 4 rings (SSSR count). The summed E-state index contributed by atoms with van der Waals surface area (Å²) in [5.74, 6) is 2.21. The van der Waals surface area contributed by atoms with Gasteiger partial charge in [-0.05, 0) is 60.7 Å². The van der Waals surface area contributed by atoms with Crippen LogP contribution in [0.1, 0.15) is 0 Å². The number of piperazine rings is 1. The van der Waals surface area contributed by atoms with Crippen LogP contribution < -0.4 is 14.4 Å². The molecule has 0 aliphatic carbocycles. The normalized spacial score (nSPS) is 13.7. The lowest BCUT2D eigenvalue weighted by atomic mass is 10.1. The van der Waals surface area contributed by atoms with Gasteiger partial charge in [0.25, 0.3) is 5.91 Å². The summed E-state index contributed by atoms with van der Waals surface area (Å²) >= 11 is 5.86. The van der Waals surface area contributed by atoms with Gasteiger partial charge in [0.05, 0.1) is 12.8 Å². The van der Waals surface area contributed by atoms with Crippen LogP contribution in [0.25, 0.3) is 11.3 Å². The molecule has 2 heterocycles. The Labute approximate surface area is 186 Å². The molecule has 8 heteroatoms. The van der Waals surface area contributed by atoms with Crippen LogP contribution >= 0.6 is 11.6 Å². The SMILES string of the molecule is COc1ccc(-c2ccc(N3CCN(C(=O)COc4ccc(Cl)cc4)CC3)nn2)cc1. The number of benzene rings is 2. The smallest absolute Gasteiger partial charge is 0.260 e. The molecule has 160 valence electrons. The maximum Gasteiger partial charge on any atom is 0.260 e. The molecular weight excluding hydrogens is 416 g/mol. The molecule has 1 fully saturated rings. The van der Waals surface area contributed by atoms with Gasteiger partial charge in [-0.1, -0.05) is 11.6 Å². The number of anilines is 1. The van der Waals surface area contributed by atoms with Gasteiger partial charge in [-0.25, -0.2) is 0 Å². The summed E-state index contributed by atoms with van der Waals surface area (Å²) in [5, 5.41) is 9.37. The highest BCUT2D eigenvalue weighted by Crippen LogP contribution is 2.22. The summed E-state index contributed by atoms with van der Waals surface area (Å²) in [6, 6.07) is 18.6. The lowest BCUT2D eigenvalue weighted by molar-refractivity contribution is -0.133. The van der Waals surface area contributed by atoms with Crippen LogP contribution in [0.15, 0.2) is 60.7 Å². The van der Waals surface area contributed by atoms with Crippen molar-refractivity contribution in [2.75, 3.05) is 44.8 Å². The number of methoxy groups -OCH3 is 1. The summed E-state index contributed by atoms with van der Waals surface area (Å²) in [5.41, 5.74) is 1.79. The zero-order valence-corrected chi connectivity index (χ0v) is 18.0. The number of carbonyl (C=O) groups is 1. The molecule has 3 aromatic rings. The Bertz CT molecular complexity index is 1000. The van der Waals surface area contributed by atoms with E-state index in [0.717, 1.165) is 22.8 Å². The average Bonchev–Trinajstić information content (AvgIpc) is 2.84. The third kappa shape index (κ3) is 5.24. The van der Waals surface area contributed by atoms with Crippen molar-refractivity contribution in [2.45, 2.75) is 0 Å². The first kappa shape index (κ1) is 20.9. The molecule has 0 bridgehead atoms. The Hall–Kier alpha value is -3.32. The molecule has 0 spiro atoms. The second kappa shape index (κ2) is 9.66. The van der Waals surface area contributed by atoms with Gasteiger partial charge < -0.3 is 19.3 Å². The van der Waals surface area contributed by atoms with Crippen LogP contribution in [-0.4, -0.2) is 60.9 Å². The zero-order valence-electron chi connectivity index (χ0n) is 17.2. The highest BCUT2D eigenvalue weighted by molar-refractivity contribution is 6.30. The molecule has 31 heavy (non-hydrogen) atoms. The highest BCUT2D eigenvalue weighted by atomic mass is 35.5. The predicted molar refractivity (Wildman–Crippen MR) is 120 cm³/mol. The summed E-state index contributed by atoms with van der Waals surface area (Å²) in [6.45, 7) is 2.64.